The number of para-hydroxylation sites is 2. The molecule has 1 spiro atoms. The zero-order valence-corrected chi connectivity index (χ0v) is 32.0. The first-order valence-electron chi connectivity index (χ1n) is 21.2. The summed E-state index contributed by atoms with van der Waals surface area (Å²) in [6.45, 7) is 5.16. The maximum Gasteiger partial charge on any atom is 0.139 e. The lowest BCUT2D eigenvalue weighted by molar-refractivity contribution is 0.0590. The van der Waals surface area contributed by atoms with Crippen molar-refractivity contribution in [2.24, 2.45) is 17.8 Å². The standard InChI is InChI=1S/C51H53NO2/c1-33-28-30-38(49-50(33,2)39-21-9-12-25-44(39)52(49)36-18-7-4-8-19-36)35-29-31-47-43(32-35)51(40-22-10-13-26-45(40)53-47)41-23-11-14-27-46(41)54-48-37(20-15-24-42(48)51)34-16-5-3-6-17-34/h3-5,7,9,12,14-16,20-22,24-27,29,31-33,36,38,43,47,49H,6,8,10-11,13,17-19,23,28,30H2,1-2H3. The van der Waals surface area contributed by atoms with E-state index in [2.05, 4.69) is 134 Å². The first-order valence-corrected chi connectivity index (χ1v) is 21.2. The van der Waals surface area contributed by atoms with Gasteiger partial charge in [0.1, 0.15) is 23.4 Å². The van der Waals surface area contributed by atoms with Crippen LogP contribution in [0.2, 0.25) is 0 Å². The van der Waals surface area contributed by atoms with E-state index in [1.807, 2.05) is 0 Å². The fourth-order valence-electron chi connectivity index (χ4n) is 12.6. The molecule has 0 aromatic heterocycles. The molecule has 1 saturated carbocycles. The second kappa shape index (κ2) is 12.5. The number of hydrogen-bond acceptors (Lipinski definition) is 3. The molecule has 2 aromatic carbocycles. The van der Waals surface area contributed by atoms with Crippen LogP contribution >= 0.6 is 0 Å². The van der Waals surface area contributed by atoms with Gasteiger partial charge in [-0.25, -0.2) is 0 Å². The molecular formula is C51H53NO2. The zero-order chi connectivity index (χ0) is 36.0. The Labute approximate surface area is 321 Å². The lowest BCUT2D eigenvalue weighted by atomic mass is 9.52. The summed E-state index contributed by atoms with van der Waals surface area (Å²) in [4.78, 5) is 2.94. The molecule has 3 heterocycles. The van der Waals surface area contributed by atoms with Crippen LogP contribution in [0.3, 0.4) is 0 Å². The minimum absolute atomic E-state index is 0.0457. The van der Waals surface area contributed by atoms with Crippen molar-refractivity contribution in [2.75, 3.05) is 4.90 Å². The predicted molar refractivity (Wildman–Crippen MR) is 220 cm³/mol. The third kappa shape index (κ3) is 4.53. The Hall–Kier alpha value is -4.50. The Morgan fingerprint density at radius 3 is 2.59 bits per heavy atom. The summed E-state index contributed by atoms with van der Waals surface area (Å²) in [7, 11) is 0. The molecule has 8 unspecified atom stereocenters. The van der Waals surface area contributed by atoms with Crippen molar-refractivity contribution in [3.05, 3.63) is 160 Å². The van der Waals surface area contributed by atoms with Gasteiger partial charge in [0.2, 0.25) is 0 Å². The molecule has 9 aliphatic rings. The zero-order valence-electron chi connectivity index (χ0n) is 32.0. The van der Waals surface area contributed by atoms with Gasteiger partial charge in [0.15, 0.2) is 0 Å². The quantitative estimate of drug-likeness (QED) is 0.296. The summed E-state index contributed by atoms with van der Waals surface area (Å²) in [6.07, 6.45) is 41.1. The first-order chi connectivity index (χ1) is 26.6. The predicted octanol–water partition coefficient (Wildman–Crippen LogP) is 12.1. The molecule has 0 N–H and O–H groups in total. The lowest BCUT2D eigenvalue weighted by Crippen LogP contribution is -2.57. The summed E-state index contributed by atoms with van der Waals surface area (Å²) in [5, 5.41) is 0. The van der Waals surface area contributed by atoms with Crippen LogP contribution in [0, 0.1) is 17.8 Å². The van der Waals surface area contributed by atoms with Crippen molar-refractivity contribution in [2.45, 2.75) is 113 Å². The average molecular weight is 712 g/mol. The third-order valence-corrected chi connectivity index (χ3v) is 15.2. The van der Waals surface area contributed by atoms with Crippen LogP contribution in [-0.2, 0) is 15.6 Å². The van der Waals surface area contributed by atoms with Crippen molar-refractivity contribution in [1.82, 2.24) is 0 Å². The van der Waals surface area contributed by atoms with Crippen molar-refractivity contribution < 1.29 is 9.47 Å². The molecule has 0 radical (unpaired) electrons. The van der Waals surface area contributed by atoms with Crippen LogP contribution in [0.4, 0.5) is 5.69 Å². The minimum atomic E-state index is -0.363. The number of rotatable bonds is 3. The second-order valence-electron chi connectivity index (χ2n) is 17.6. The summed E-state index contributed by atoms with van der Waals surface area (Å²) in [6, 6.07) is 17.4. The third-order valence-electron chi connectivity index (χ3n) is 15.2. The number of fused-ring (bicyclic) bond motifs is 10. The second-order valence-corrected chi connectivity index (χ2v) is 17.6. The van der Waals surface area contributed by atoms with Crippen LogP contribution in [-0.4, -0.2) is 18.2 Å². The highest BCUT2D eigenvalue weighted by Gasteiger charge is 2.61. The average Bonchev–Trinajstić information content (AvgIpc) is 3.51. The summed E-state index contributed by atoms with van der Waals surface area (Å²) >= 11 is 0. The molecule has 54 heavy (non-hydrogen) atoms. The molecule has 3 aliphatic heterocycles. The summed E-state index contributed by atoms with van der Waals surface area (Å²) < 4.78 is 14.3. The Morgan fingerprint density at radius 2 is 1.70 bits per heavy atom. The largest absolute Gasteiger partial charge is 0.486 e. The lowest BCUT2D eigenvalue weighted by Gasteiger charge is -2.56. The number of allylic oxidation sites excluding steroid dienone is 12. The van der Waals surface area contributed by atoms with Gasteiger partial charge in [0.25, 0.3) is 0 Å². The van der Waals surface area contributed by atoms with Gasteiger partial charge in [-0.15, -0.1) is 0 Å². The monoisotopic (exact) mass is 711 g/mol. The number of ether oxygens (including phenoxy) is 2. The van der Waals surface area contributed by atoms with E-state index in [-0.39, 0.29) is 22.9 Å². The molecule has 8 atom stereocenters. The molecule has 0 amide bonds. The highest BCUT2D eigenvalue weighted by molar-refractivity contribution is 5.78. The van der Waals surface area contributed by atoms with E-state index < -0.39 is 0 Å². The van der Waals surface area contributed by atoms with Crippen molar-refractivity contribution in [3.8, 4) is 5.75 Å². The van der Waals surface area contributed by atoms with E-state index >= 15 is 0 Å². The summed E-state index contributed by atoms with van der Waals surface area (Å²) in [5.41, 5.74) is 11.1. The Balaban J connectivity index is 1.12. The number of benzene rings is 2. The number of anilines is 1. The van der Waals surface area contributed by atoms with Gasteiger partial charge >= 0.3 is 0 Å². The topological polar surface area (TPSA) is 21.7 Å². The maximum atomic E-state index is 7.14. The molecule has 0 bridgehead atoms. The van der Waals surface area contributed by atoms with Gasteiger partial charge in [-0.05, 0) is 123 Å². The molecule has 274 valence electrons. The van der Waals surface area contributed by atoms with Gasteiger partial charge in [-0.3, -0.25) is 0 Å². The molecule has 3 nitrogen and oxygen atoms in total. The Bertz CT molecular complexity index is 2200. The van der Waals surface area contributed by atoms with Crippen molar-refractivity contribution in [3.63, 3.8) is 0 Å². The normalized spacial score (nSPS) is 35.6. The number of hydrogen-bond donors (Lipinski definition) is 0. The van der Waals surface area contributed by atoms with Gasteiger partial charge < -0.3 is 14.4 Å². The van der Waals surface area contributed by atoms with Crippen LogP contribution in [0.25, 0.3) is 5.57 Å². The van der Waals surface area contributed by atoms with Crippen LogP contribution in [0.15, 0.2) is 144 Å². The van der Waals surface area contributed by atoms with E-state index in [1.165, 1.54) is 64.8 Å². The highest BCUT2D eigenvalue weighted by Crippen LogP contribution is 2.64. The SMILES string of the molecule is CC1CCC(C2=CC3C(C=C2)OC2=CCCC=C2C32C3=C(C=CCC3)Oc3c(C4=CC=CCC4)cccc32)C2N(C3CC=CCC3)c3ccccc3C12C. The molecule has 3 heteroatoms. The van der Waals surface area contributed by atoms with E-state index in [0.717, 1.165) is 62.2 Å². The van der Waals surface area contributed by atoms with E-state index in [0.29, 0.717) is 23.9 Å². The van der Waals surface area contributed by atoms with Crippen LogP contribution < -0.4 is 9.64 Å². The van der Waals surface area contributed by atoms with Crippen LogP contribution in [0.5, 0.6) is 5.75 Å². The summed E-state index contributed by atoms with van der Waals surface area (Å²) in [5.74, 6) is 4.37. The molecule has 6 aliphatic carbocycles. The van der Waals surface area contributed by atoms with Gasteiger partial charge in [-0.1, -0.05) is 105 Å². The molecule has 2 aromatic rings. The molecule has 2 fully saturated rings. The van der Waals surface area contributed by atoms with Gasteiger partial charge in [-0.2, -0.15) is 0 Å². The fourth-order valence-corrected chi connectivity index (χ4v) is 12.6. The fraction of sp³-hybridized carbons (Fsp3) is 0.412. The van der Waals surface area contributed by atoms with Gasteiger partial charge in [0.05, 0.1) is 5.41 Å². The van der Waals surface area contributed by atoms with Crippen molar-refractivity contribution >= 4 is 11.3 Å². The van der Waals surface area contributed by atoms with Crippen LogP contribution in [0.1, 0.15) is 101 Å². The highest BCUT2D eigenvalue weighted by atomic mass is 16.5. The molecule has 11 rings (SSSR count). The minimum Gasteiger partial charge on any atom is -0.486 e. The molecular weight excluding hydrogens is 659 g/mol. The van der Waals surface area contributed by atoms with E-state index in [9.17, 15) is 0 Å². The Morgan fingerprint density at radius 1 is 0.815 bits per heavy atom. The molecule has 1 saturated heterocycles. The maximum absolute atomic E-state index is 7.14. The smallest absolute Gasteiger partial charge is 0.139 e. The first kappa shape index (κ1) is 32.9. The van der Waals surface area contributed by atoms with Crippen molar-refractivity contribution in [1.29, 1.82) is 0 Å². The Kier molecular flexibility index (Phi) is 7.62. The van der Waals surface area contributed by atoms with E-state index in [1.54, 1.807) is 5.56 Å². The number of nitrogens with zero attached hydrogens (tertiary/aromatic N) is 1. The van der Waals surface area contributed by atoms with Gasteiger partial charge in [0, 0.05) is 51.7 Å². The van der Waals surface area contributed by atoms with E-state index in [4.69, 9.17) is 9.47 Å².